The van der Waals surface area contributed by atoms with Gasteiger partial charge in [0.1, 0.15) is 18.2 Å². The Morgan fingerprint density at radius 1 is 1.24 bits per heavy atom. The van der Waals surface area contributed by atoms with Crippen LogP contribution in [-0.4, -0.2) is 81.4 Å². The lowest BCUT2D eigenvalue weighted by molar-refractivity contribution is 0.195. The molecule has 160 valence electrons. The molecule has 1 aliphatic heterocycles. The summed E-state index contributed by atoms with van der Waals surface area (Å²) in [6, 6.07) is 0. The second-order valence-electron chi connectivity index (χ2n) is 6.96. The Hall–Kier alpha value is -2.27. The maximum atomic E-state index is 5.16. The summed E-state index contributed by atoms with van der Waals surface area (Å²) in [5.41, 5.74) is 0. The normalized spacial score (nSPS) is 15.2. The predicted octanol–water partition coefficient (Wildman–Crippen LogP) is 0.842. The molecular weight excluding hydrogens is 390 g/mol. The largest absolute Gasteiger partial charge is 0.385 e. The zero-order valence-corrected chi connectivity index (χ0v) is 18.6. The molecule has 0 spiro atoms. The Balaban J connectivity index is 1.62. The van der Waals surface area contributed by atoms with E-state index in [0.29, 0.717) is 6.54 Å². The van der Waals surface area contributed by atoms with Gasteiger partial charge in [0.15, 0.2) is 11.8 Å². The average Bonchev–Trinajstić information content (AvgIpc) is 3.35. The third kappa shape index (κ3) is 5.63. The van der Waals surface area contributed by atoms with E-state index >= 15 is 0 Å². The minimum absolute atomic E-state index is 0.500. The number of aryl methyl sites for hydroxylation is 2. The second kappa shape index (κ2) is 10.5. The summed E-state index contributed by atoms with van der Waals surface area (Å²) in [6.45, 7) is 9.65. The van der Waals surface area contributed by atoms with Crippen LogP contribution in [0.4, 0.5) is 5.13 Å². The van der Waals surface area contributed by atoms with Gasteiger partial charge in [-0.05, 0) is 13.3 Å². The molecule has 0 amide bonds. The fourth-order valence-electron chi connectivity index (χ4n) is 3.05. The molecule has 0 unspecified atom stereocenters. The van der Waals surface area contributed by atoms with Crippen molar-refractivity contribution in [1.82, 2.24) is 34.3 Å². The highest BCUT2D eigenvalue weighted by molar-refractivity contribution is 7.09. The molecule has 29 heavy (non-hydrogen) atoms. The Bertz CT molecular complexity index is 795. The van der Waals surface area contributed by atoms with Crippen molar-refractivity contribution in [2.45, 2.75) is 33.2 Å². The summed E-state index contributed by atoms with van der Waals surface area (Å²) in [4.78, 5) is 14.1. The number of hydrogen-bond acceptors (Lipinski definition) is 8. The molecule has 0 saturated carbocycles. The van der Waals surface area contributed by atoms with E-state index in [4.69, 9.17) is 9.73 Å². The van der Waals surface area contributed by atoms with Crippen LogP contribution in [0.15, 0.2) is 4.99 Å². The third-order valence-corrected chi connectivity index (χ3v) is 5.80. The Morgan fingerprint density at radius 2 is 2.03 bits per heavy atom. The molecule has 1 aliphatic rings. The molecule has 0 atom stereocenters. The Morgan fingerprint density at radius 3 is 2.66 bits per heavy atom. The van der Waals surface area contributed by atoms with Crippen molar-refractivity contribution in [1.29, 1.82) is 0 Å². The van der Waals surface area contributed by atoms with Crippen molar-refractivity contribution in [2.24, 2.45) is 12.0 Å². The van der Waals surface area contributed by atoms with E-state index in [0.717, 1.165) is 80.7 Å². The van der Waals surface area contributed by atoms with Gasteiger partial charge in [0.05, 0.1) is 0 Å². The van der Waals surface area contributed by atoms with Crippen LogP contribution in [0.1, 0.15) is 30.8 Å². The second-order valence-corrected chi connectivity index (χ2v) is 7.69. The van der Waals surface area contributed by atoms with Gasteiger partial charge < -0.3 is 24.4 Å². The number of ether oxygens (including phenoxy) is 1. The van der Waals surface area contributed by atoms with E-state index in [1.54, 1.807) is 7.11 Å². The molecule has 1 saturated heterocycles. The number of aliphatic imine (C=N–C) groups is 1. The summed E-state index contributed by atoms with van der Waals surface area (Å²) in [5, 5.41) is 12.8. The van der Waals surface area contributed by atoms with Crippen molar-refractivity contribution < 1.29 is 4.74 Å². The molecule has 3 heterocycles. The van der Waals surface area contributed by atoms with Crippen LogP contribution in [0.2, 0.25) is 0 Å². The number of guanidine groups is 1. The summed E-state index contributed by atoms with van der Waals surface area (Å²) >= 11 is 1.49. The van der Waals surface area contributed by atoms with E-state index in [1.165, 1.54) is 11.5 Å². The molecule has 3 rings (SSSR count). The fraction of sp³-hybridized carbons (Fsp3) is 0.722. The quantitative estimate of drug-likeness (QED) is 0.381. The lowest BCUT2D eigenvalue weighted by Gasteiger charge is -2.36. The van der Waals surface area contributed by atoms with Crippen LogP contribution in [0.5, 0.6) is 0 Å². The first kappa shape index (κ1) is 21.4. The predicted molar refractivity (Wildman–Crippen MR) is 114 cm³/mol. The Labute approximate surface area is 176 Å². The summed E-state index contributed by atoms with van der Waals surface area (Å²) in [6.07, 6.45) is 1.81. The first-order valence-electron chi connectivity index (χ1n) is 10.1. The van der Waals surface area contributed by atoms with Gasteiger partial charge in [-0.15, -0.1) is 10.2 Å². The lowest BCUT2D eigenvalue weighted by Crippen LogP contribution is -2.52. The maximum Gasteiger partial charge on any atom is 0.205 e. The molecule has 0 radical (unpaired) electrons. The van der Waals surface area contributed by atoms with Gasteiger partial charge in [0.2, 0.25) is 5.13 Å². The number of anilines is 1. The van der Waals surface area contributed by atoms with E-state index in [-0.39, 0.29) is 0 Å². The lowest BCUT2D eigenvalue weighted by atomic mass is 10.3. The van der Waals surface area contributed by atoms with Crippen LogP contribution in [0, 0.1) is 6.92 Å². The molecule has 1 N–H and O–H groups in total. The van der Waals surface area contributed by atoms with Crippen molar-refractivity contribution >= 4 is 22.6 Å². The Kier molecular flexibility index (Phi) is 7.76. The van der Waals surface area contributed by atoms with Gasteiger partial charge in [-0.2, -0.15) is 4.37 Å². The van der Waals surface area contributed by atoms with Gasteiger partial charge in [-0.3, -0.25) is 0 Å². The van der Waals surface area contributed by atoms with Crippen molar-refractivity contribution in [2.75, 3.05) is 51.3 Å². The first-order chi connectivity index (χ1) is 14.1. The van der Waals surface area contributed by atoms with Crippen LogP contribution in [-0.2, 0) is 24.8 Å². The van der Waals surface area contributed by atoms with E-state index in [9.17, 15) is 0 Å². The van der Waals surface area contributed by atoms with Crippen LogP contribution >= 0.6 is 11.5 Å². The van der Waals surface area contributed by atoms with Gasteiger partial charge >= 0.3 is 0 Å². The molecule has 0 bridgehead atoms. The number of aromatic nitrogens is 5. The number of rotatable bonds is 8. The molecule has 10 nitrogen and oxygen atoms in total. The highest BCUT2D eigenvalue weighted by atomic mass is 32.1. The highest BCUT2D eigenvalue weighted by Crippen LogP contribution is 2.19. The van der Waals surface area contributed by atoms with Crippen molar-refractivity contribution in [3.05, 3.63) is 17.5 Å². The zero-order chi connectivity index (χ0) is 20.6. The van der Waals surface area contributed by atoms with Crippen LogP contribution in [0.3, 0.4) is 0 Å². The molecule has 0 aromatic carbocycles. The van der Waals surface area contributed by atoms with E-state index in [1.807, 2.05) is 18.5 Å². The average molecular weight is 422 g/mol. The molecule has 0 aliphatic carbocycles. The number of nitrogens with one attached hydrogen (secondary N) is 1. The standard InChI is InChI=1S/C18H31N9OS/c1-5-15-21-18(29-24-15)27-10-8-26(9-11-27)17(19-7-6-12-28-4)20-13-16-23-22-14(2)25(16)3/h5-13H2,1-4H3,(H,19,20). The molecule has 2 aromatic heterocycles. The topological polar surface area (TPSA) is 96.6 Å². The number of methoxy groups -OCH3 is 1. The minimum Gasteiger partial charge on any atom is -0.385 e. The monoisotopic (exact) mass is 421 g/mol. The number of nitrogens with zero attached hydrogens (tertiary/aromatic N) is 8. The molecular formula is C18H31N9OS. The molecule has 1 fully saturated rings. The van der Waals surface area contributed by atoms with Gasteiger partial charge in [-0.1, -0.05) is 6.92 Å². The molecule has 2 aromatic rings. The summed E-state index contributed by atoms with van der Waals surface area (Å²) in [5.74, 6) is 3.58. The molecule has 11 heteroatoms. The van der Waals surface area contributed by atoms with Crippen molar-refractivity contribution in [3.63, 3.8) is 0 Å². The third-order valence-electron chi connectivity index (χ3n) is 4.98. The maximum absolute atomic E-state index is 5.16. The highest BCUT2D eigenvalue weighted by Gasteiger charge is 2.22. The number of hydrogen-bond donors (Lipinski definition) is 1. The van der Waals surface area contributed by atoms with E-state index < -0.39 is 0 Å². The van der Waals surface area contributed by atoms with Crippen molar-refractivity contribution in [3.8, 4) is 0 Å². The summed E-state index contributed by atoms with van der Waals surface area (Å²) in [7, 11) is 3.69. The van der Waals surface area contributed by atoms with E-state index in [2.05, 4.69) is 41.6 Å². The zero-order valence-electron chi connectivity index (χ0n) is 17.8. The van der Waals surface area contributed by atoms with Gasteiger partial charge in [0.25, 0.3) is 0 Å². The summed E-state index contributed by atoms with van der Waals surface area (Å²) < 4.78 is 11.5. The van der Waals surface area contributed by atoms with Crippen LogP contribution in [0.25, 0.3) is 0 Å². The van der Waals surface area contributed by atoms with Gasteiger partial charge in [-0.25, -0.2) is 9.98 Å². The fourth-order valence-corrected chi connectivity index (χ4v) is 3.85. The smallest absolute Gasteiger partial charge is 0.205 e. The number of piperazine rings is 1. The van der Waals surface area contributed by atoms with Crippen LogP contribution < -0.4 is 10.2 Å². The van der Waals surface area contributed by atoms with Gasteiger partial charge in [0, 0.05) is 71.4 Å². The minimum atomic E-state index is 0.500. The first-order valence-corrected chi connectivity index (χ1v) is 10.8. The SMILES string of the molecule is CCc1nsc(N2CCN(C(=NCc3nnc(C)n3C)NCCCOC)CC2)n1.